The maximum absolute atomic E-state index is 13.5. The molecule has 0 atom stereocenters. The standard InChI is InChI=1S/C26H25N3OS/c1-18-9-5-7-11-22(18)27-26-29(23-12-8-6-10-19(23)2)25(30)24(31-26)17-20-13-15-21(16-14-20)28(3)4/h5-17H,1-4H3/b24-17-,27-26?. The first kappa shape index (κ1) is 20.9. The van der Waals surface area contributed by atoms with Gasteiger partial charge >= 0.3 is 0 Å². The number of aliphatic imine (C=N–C) groups is 1. The van der Waals surface area contributed by atoms with Crippen LogP contribution in [0.5, 0.6) is 0 Å². The van der Waals surface area contributed by atoms with Gasteiger partial charge in [0.05, 0.1) is 16.3 Å². The van der Waals surface area contributed by atoms with E-state index >= 15 is 0 Å². The second-order valence-electron chi connectivity index (χ2n) is 7.70. The number of aryl methyl sites for hydroxylation is 2. The van der Waals surface area contributed by atoms with Gasteiger partial charge in [-0.2, -0.15) is 0 Å². The minimum Gasteiger partial charge on any atom is -0.378 e. The fourth-order valence-corrected chi connectivity index (χ4v) is 4.37. The highest BCUT2D eigenvalue weighted by Crippen LogP contribution is 2.38. The summed E-state index contributed by atoms with van der Waals surface area (Å²) in [6, 6.07) is 24.1. The monoisotopic (exact) mass is 427 g/mol. The molecule has 1 heterocycles. The summed E-state index contributed by atoms with van der Waals surface area (Å²) in [5, 5.41) is 0.671. The van der Waals surface area contributed by atoms with Crippen molar-refractivity contribution >= 4 is 46.0 Å². The molecule has 5 heteroatoms. The number of amides is 1. The number of benzene rings is 3. The van der Waals surface area contributed by atoms with Gasteiger partial charge in [0.1, 0.15) is 0 Å². The van der Waals surface area contributed by atoms with Crippen LogP contribution in [0.25, 0.3) is 6.08 Å². The summed E-state index contributed by atoms with van der Waals surface area (Å²) >= 11 is 1.42. The number of nitrogens with zero attached hydrogens (tertiary/aromatic N) is 3. The van der Waals surface area contributed by atoms with Gasteiger partial charge in [-0.3, -0.25) is 9.69 Å². The number of carbonyl (C=O) groups is 1. The van der Waals surface area contributed by atoms with Crippen molar-refractivity contribution in [1.29, 1.82) is 0 Å². The summed E-state index contributed by atoms with van der Waals surface area (Å²) in [6.07, 6.45) is 1.94. The number of rotatable bonds is 4. The molecule has 0 radical (unpaired) electrons. The van der Waals surface area contributed by atoms with Crippen LogP contribution in [0.4, 0.5) is 17.1 Å². The number of hydrogen-bond acceptors (Lipinski definition) is 4. The molecule has 4 nitrogen and oxygen atoms in total. The van der Waals surface area contributed by atoms with Gasteiger partial charge in [-0.05, 0) is 72.6 Å². The molecule has 31 heavy (non-hydrogen) atoms. The number of amidine groups is 1. The average Bonchev–Trinajstić information content (AvgIpc) is 3.05. The lowest BCUT2D eigenvalue weighted by Gasteiger charge is -2.18. The van der Waals surface area contributed by atoms with Crippen molar-refractivity contribution in [3.05, 3.63) is 94.4 Å². The molecule has 1 saturated heterocycles. The molecule has 3 aromatic rings. The second-order valence-corrected chi connectivity index (χ2v) is 8.71. The van der Waals surface area contributed by atoms with Gasteiger partial charge in [-0.15, -0.1) is 0 Å². The quantitative estimate of drug-likeness (QED) is 0.467. The molecule has 1 amide bonds. The summed E-state index contributed by atoms with van der Waals surface area (Å²) < 4.78 is 0. The van der Waals surface area contributed by atoms with E-state index in [-0.39, 0.29) is 5.91 Å². The molecule has 0 saturated carbocycles. The minimum atomic E-state index is -0.0525. The SMILES string of the molecule is Cc1ccccc1N=C1S/C(=C\c2ccc(N(C)C)cc2)C(=O)N1c1ccccc1C. The smallest absolute Gasteiger partial charge is 0.271 e. The Hall–Kier alpha value is -3.31. The highest BCUT2D eigenvalue weighted by atomic mass is 32.2. The summed E-state index contributed by atoms with van der Waals surface area (Å²) in [7, 11) is 4.02. The Morgan fingerprint density at radius 3 is 2.16 bits per heavy atom. The van der Waals surface area contributed by atoms with E-state index in [1.165, 1.54) is 11.8 Å². The van der Waals surface area contributed by atoms with Crippen molar-refractivity contribution in [2.75, 3.05) is 23.9 Å². The van der Waals surface area contributed by atoms with Gasteiger partial charge in [0.2, 0.25) is 0 Å². The molecule has 0 bridgehead atoms. The van der Waals surface area contributed by atoms with E-state index in [0.29, 0.717) is 10.1 Å². The third kappa shape index (κ3) is 4.42. The predicted molar refractivity (Wildman–Crippen MR) is 133 cm³/mol. The number of carbonyl (C=O) groups excluding carboxylic acids is 1. The molecule has 3 aromatic carbocycles. The van der Waals surface area contributed by atoms with E-state index < -0.39 is 0 Å². The molecule has 0 unspecified atom stereocenters. The third-order valence-electron chi connectivity index (χ3n) is 5.20. The molecule has 0 aliphatic carbocycles. The molecule has 0 N–H and O–H groups in total. The van der Waals surface area contributed by atoms with Crippen molar-refractivity contribution in [2.24, 2.45) is 4.99 Å². The molecule has 1 aliphatic heterocycles. The first-order chi connectivity index (χ1) is 14.9. The lowest BCUT2D eigenvalue weighted by molar-refractivity contribution is -0.113. The maximum Gasteiger partial charge on any atom is 0.271 e. The molecular weight excluding hydrogens is 402 g/mol. The number of anilines is 2. The van der Waals surface area contributed by atoms with E-state index in [1.807, 2.05) is 94.7 Å². The molecule has 0 spiro atoms. The Morgan fingerprint density at radius 2 is 1.52 bits per heavy atom. The van der Waals surface area contributed by atoms with E-state index in [1.54, 1.807) is 4.90 Å². The first-order valence-corrected chi connectivity index (χ1v) is 11.0. The van der Waals surface area contributed by atoms with Gasteiger partial charge in [-0.1, -0.05) is 48.5 Å². The van der Waals surface area contributed by atoms with Crippen LogP contribution in [0.15, 0.2) is 82.7 Å². The number of para-hydroxylation sites is 2. The highest BCUT2D eigenvalue weighted by Gasteiger charge is 2.35. The van der Waals surface area contributed by atoms with Crippen molar-refractivity contribution in [1.82, 2.24) is 0 Å². The highest BCUT2D eigenvalue weighted by molar-refractivity contribution is 8.19. The second kappa shape index (κ2) is 8.82. The van der Waals surface area contributed by atoms with E-state index in [0.717, 1.165) is 33.8 Å². The van der Waals surface area contributed by atoms with Crippen LogP contribution >= 0.6 is 11.8 Å². The van der Waals surface area contributed by atoms with Crippen LogP contribution in [0.3, 0.4) is 0 Å². The average molecular weight is 428 g/mol. The predicted octanol–water partition coefficient (Wildman–Crippen LogP) is 6.18. The van der Waals surface area contributed by atoms with Crippen LogP contribution in [0.2, 0.25) is 0 Å². The van der Waals surface area contributed by atoms with Crippen LogP contribution in [0.1, 0.15) is 16.7 Å². The van der Waals surface area contributed by atoms with Crippen molar-refractivity contribution in [2.45, 2.75) is 13.8 Å². The van der Waals surface area contributed by atoms with Gasteiger partial charge in [0.15, 0.2) is 5.17 Å². The van der Waals surface area contributed by atoms with Crippen molar-refractivity contribution < 1.29 is 4.79 Å². The zero-order chi connectivity index (χ0) is 22.0. The Labute approximate surface area is 187 Å². The summed E-state index contributed by atoms with van der Waals surface area (Å²) in [5.74, 6) is -0.0525. The first-order valence-electron chi connectivity index (χ1n) is 10.2. The minimum absolute atomic E-state index is 0.0525. The van der Waals surface area contributed by atoms with Gasteiger partial charge < -0.3 is 4.90 Å². The van der Waals surface area contributed by atoms with E-state index in [9.17, 15) is 4.79 Å². The lowest BCUT2D eigenvalue weighted by atomic mass is 10.1. The molecule has 156 valence electrons. The van der Waals surface area contributed by atoms with Gasteiger partial charge in [-0.25, -0.2) is 4.99 Å². The Kier molecular flexibility index (Phi) is 5.96. The Balaban J connectivity index is 1.77. The topological polar surface area (TPSA) is 35.9 Å². The largest absolute Gasteiger partial charge is 0.378 e. The Morgan fingerprint density at radius 1 is 0.871 bits per heavy atom. The lowest BCUT2D eigenvalue weighted by Crippen LogP contribution is -2.29. The summed E-state index contributed by atoms with van der Waals surface area (Å²) in [4.78, 5) is 22.8. The van der Waals surface area contributed by atoms with Gasteiger partial charge in [0.25, 0.3) is 5.91 Å². The maximum atomic E-state index is 13.5. The third-order valence-corrected chi connectivity index (χ3v) is 6.17. The fourth-order valence-electron chi connectivity index (χ4n) is 3.39. The van der Waals surface area contributed by atoms with Crippen LogP contribution < -0.4 is 9.80 Å². The van der Waals surface area contributed by atoms with E-state index in [2.05, 4.69) is 17.0 Å². The van der Waals surface area contributed by atoms with Gasteiger partial charge in [0, 0.05) is 19.8 Å². The molecule has 0 aromatic heterocycles. The number of hydrogen-bond donors (Lipinski definition) is 0. The molecule has 1 aliphatic rings. The summed E-state index contributed by atoms with van der Waals surface area (Å²) in [6.45, 7) is 4.04. The normalized spacial score (nSPS) is 16.4. The number of thioether (sulfide) groups is 1. The van der Waals surface area contributed by atoms with Crippen LogP contribution in [0, 0.1) is 13.8 Å². The zero-order valence-corrected chi connectivity index (χ0v) is 19.0. The van der Waals surface area contributed by atoms with E-state index in [4.69, 9.17) is 4.99 Å². The zero-order valence-electron chi connectivity index (χ0n) is 18.2. The van der Waals surface area contributed by atoms with Crippen molar-refractivity contribution in [3.8, 4) is 0 Å². The summed E-state index contributed by atoms with van der Waals surface area (Å²) in [5.41, 5.74) is 5.95. The molecule has 1 fully saturated rings. The van der Waals surface area contributed by atoms with Crippen molar-refractivity contribution in [3.63, 3.8) is 0 Å². The van der Waals surface area contributed by atoms with Crippen LogP contribution in [-0.4, -0.2) is 25.2 Å². The molecule has 4 rings (SSSR count). The molecular formula is C26H25N3OS. The fraction of sp³-hybridized carbons (Fsp3) is 0.154. The Bertz CT molecular complexity index is 1180. The van der Waals surface area contributed by atoms with Crippen LogP contribution in [-0.2, 0) is 4.79 Å².